The van der Waals surface area contributed by atoms with Crippen molar-refractivity contribution in [2.75, 3.05) is 13.1 Å². The lowest BCUT2D eigenvalue weighted by molar-refractivity contribution is 0.0682. The van der Waals surface area contributed by atoms with Gasteiger partial charge in [-0.2, -0.15) is 0 Å². The molecule has 0 bridgehead atoms. The molecule has 3 heterocycles. The number of nitrogens with zero attached hydrogens (tertiary/aromatic N) is 3. The lowest BCUT2D eigenvalue weighted by Crippen LogP contribution is -2.42. The fourth-order valence-electron chi connectivity index (χ4n) is 3.19. The Morgan fingerprint density at radius 1 is 1.41 bits per heavy atom. The van der Waals surface area contributed by atoms with Crippen molar-refractivity contribution >= 4 is 17.0 Å². The predicted molar refractivity (Wildman–Crippen MR) is 83.6 cm³/mol. The summed E-state index contributed by atoms with van der Waals surface area (Å²) in [6.07, 6.45) is 1.92. The fraction of sp³-hybridized carbons (Fsp3) is 0.562. The van der Waals surface area contributed by atoms with Crippen LogP contribution in [0, 0.1) is 19.8 Å². The van der Waals surface area contributed by atoms with E-state index < -0.39 is 0 Å². The van der Waals surface area contributed by atoms with Crippen molar-refractivity contribution in [3.8, 4) is 0 Å². The van der Waals surface area contributed by atoms with Crippen molar-refractivity contribution in [1.29, 1.82) is 0 Å². The highest BCUT2D eigenvalue weighted by Gasteiger charge is 2.27. The maximum Gasteiger partial charge on any atom is 0.258 e. The molecule has 1 amide bonds. The Morgan fingerprint density at radius 3 is 2.73 bits per heavy atom. The lowest BCUT2D eigenvalue weighted by atomic mass is 9.90. The van der Waals surface area contributed by atoms with Crippen LogP contribution in [-0.4, -0.2) is 40.1 Å². The molecule has 1 unspecified atom stereocenters. The molecule has 1 aliphatic heterocycles. The summed E-state index contributed by atoms with van der Waals surface area (Å²) in [5.41, 5.74) is 8.51. The minimum Gasteiger partial charge on any atom is -0.339 e. The zero-order valence-corrected chi connectivity index (χ0v) is 13.3. The first-order valence-electron chi connectivity index (χ1n) is 7.76. The number of hydrogen-bond acceptors (Lipinski definition) is 5. The number of fused-ring (bicyclic) bond motifs is 1. The van der Waals surface area contributed by atoms with E-state index in [9.17, 15) is 4.79 Å². The molecule has 2 aromatic heterocycles. The average Bonchev–Trinajstić information content (AvgIpc) is 2.87. The first-order chi connectivity index (χ1) is 10.5. The summed E-state index contributed by atoms with van der Waals surface area (Å²) in [4.78, 5) is 19.1. The molecular formula is C16H22N4O2. The summed E-state index contributed by atoms with van der Waals surface area (Å²) in [5, 5.41) is 4.66. The largest absolute Gasteiger partial charge is 0.339 e. The Labute approximate surface area is 129 Å². The SMILES string of the molecule is Cc1cc(C(=O)N2CCC(C(C)N)CC2)c2c(C)noc2n1. The number of piperidine rings is 1. The quantitative estimate of drug-likeness (QED) is 0.917. The third kappa shape index (κ3) is 2.59. The molecule has 22 heavy (non-hydrogen) atoms. The topological polar surface area (TPSA) is 85.2 Å². The molecule has 6 heteroatoms. The molecule has 118 valence electrons. The Morgan fingerprint density at radius 2 is 2.09 bits per heavy atom. The van der Waals surface area contributed by atoms with Crippen LogP contribution in [0.4, 0.5) is 0 Å². The zero-order chi connectivity index (χ0) is 15.9. The second-order valence-electron chi connectivity index (χ2n) is 6.25. The standard InChI is InChI=1S/C16H22N4O2/c1-9-8-13(14-11(3)19-22-15(14)18-9)16(21)20-6-4-12(5-7-20)10(2)17/h8,10,12H,4-7,17H2,1-3H3. The van der Waals surface area contributed by atoms with Crippen LogP contribution in [0.15, 0.2) is 10.6 Å². The third-order valence-corrected chi connectivity index (χ3v) is 4.55. The molecular weight excluding hydrogens is 280 g/mol. The number of aryl methyl sites for hydroxylation is 2. The smallest absolute Gasteiger partial charge is 0.258 e. The van der Waals surface area contributed by atoms with Gasteiger partial charge >= 0.3 is 0 Å². The van der Waals surface area contributed by atoms with Gasteiger partial charge in [0.05, 0.1) is 16.6 Å². The molecule has 2 N–H and O–H groups in total. The van der Waals surface area contributed by atoms with Gasteiger partial charge in [0.2, 0.25) is 0 Å². The van der Waals surface area contributed by atoms with Crippen molar-refractivity contribution in [3.05, 3.63) is 23.0 Å². The first kappa shape index (κ1) is 15.0. The van der Waals surface area contributed by atoms with Gasteiger partial charge in [-0.25, -0.2) is 4.98 Å². The van der Waals surface area contributed by atoms with Gasteiger partial charge in [-0.1, -0.05) is 5.16 Å². The Balaban J connectivity index is 1.88. The lowest BCUT2D eigenvalue weighted by Gasteiger charge is -2.33. The molecule has 1 fully saturated rings. The summed E-state index contributed by atoms with van der Waals surface area (Å²) in [5.74, 6) is 0.533. The number of carbonyl (C=O) groups is 1. The van der Waals surface area contributed by atoms with Gasteiger partial charge in [-0.05, 0) is 45.6 Å². The highest BCUT2D eigenvalue weighted by molar-refractivity contribution is 6.06. The van der Waals surface area contributed by atoms with Crippen LogP contribution >= 0.6 is 0 Å². The maximum absolute atomic E-state index is 12.9. The van der Waals surface area contributed by atoms with Crippen molar-refractivity contribution in [3.63, 3.8) is 0 Å². The van der Waals surface area contributed by atoms with Gasteiger partial charge in [0.1, 0.15) is 0 Å². The number of aromatic nitrogens is 2. The molecule has 0 aliphatic carbocycles. The molecule has 1 atom stereocenters. The molecule has 0 aromatic carbocycles. The Hall–Kier alpha value is -1.95. The van der Waals surface area contributed by atoms with Crippen molar-refractivity contribution < 1.29 is 9.32 Å². The van der Waals surface area contributed by atoms with Crippen LogP contribution in [0.5, 0.6) is 0 Å². The zero-order valence-electron chi connectivity index (χ0n) is 13.3. The molecule has 1 aliphatic rings. The molecule has 6 nitrogen and oxygen atoms in total. The maximum atomic E-state index is 12.9. The van der Waals surface area contributed by atoms with E-state index in [1.165, 1.54) is 0 Å². The van der Waals surface area contributed by atoms with Gasteiger partial charge in [-0.15, -0.1) is 0 Å². The van der Waals surface area contributed by atoms with E-state index >= 15 is 0 Å². The van der Waals surface area contributed by atoms with Crippen molar-refractivity contribution in [1.82, 2.24) is 15.0 Å². The van der Waals surface area contributed by atoms with Crippen molar-refractivity contribution in [2.24, 2.45) is 11.7 Å². The number of carbonyl (C=O) groups excluding carboxylic acids is 1. The van der Waals surface area contributed by atoms with E-state index in [-0.39, 0.29) is 11.9 Å². The van der Waals surface area contributed by atoms with E-state index in [1.807, 2.05) is 31.7 Å². The van der Waals surface area contributed by atoms with Crippen molar-refractivity contribution in [2.45, 2.75) is 39.7 Å². The average molecular weight is 302 g/mol. The number of rotatable bonds is 2. The summed E-state index contributed by atoms with van der Waals surface area (Å²) in [6, 6.07) is 2.01. The van der Waals surface area contributed by atoms with Crippen LogP contribution in [-0.2, 0) is 0 Å². The van der Waals surface area contributed by atoms with Gasteiger partial charge in [0.15, 0.2) is 0 Å². The second-order valence-corrected chi connectivity index (χ2v) is 6.25. The molecule has 0 spiro atoms. The number of likely N-dealkylation sites (tertiary alicyclic amines) is 1. The van der Waals surface area contributed by atoms with Crippen LogP contribution in [0.2, 0.25) is 0 Å². The van der Waals surface area contributed by atoms with Crippen LogP contribution in [0.1, 0.15) is 41.5 Å². The molecule has 1 saturated heterocycles. The first-order valence-corrected chi connectivity index (χ1v) is 7.76. The van der Waals surface area contributed by atoms with Crippen LogP contribution in [0.3, 0.4) is 0 Å². The number of hydrogen-bond donors (Lipinski definition) is 1. The van der Waals surface area contributed by atoms with Gasteiger partial charge in [0.25, 0.3) is 11.6 Å². The Bertz CT molecular complexity index is 699. The number of amides is 1. The second kappa shape index (κ2) is 5.68. The molecule has 0 radical (unpaired) electrons. The van der Waals surface area contributed by atoms with E-state index in [4.69, 9.17) is 10.3 Å². The minimum atomic E-state index is 0.0323. The molecule has 0 saturated carbocycles. The highest BCUT2D eigenvalue weighted by atomic mass is 16.5. The normalized spacial score (nSPS) is 17.9. The monoisotopic (exact) mass is 302 g/mol. The fourth-order valence-corrected chi connectivity index (χ4v) is 3.19. The van der Waals surface area contributed by atoms with Crippen LogP contribution in [0.25, 0.3) is 11.1 Å². The van der Waals surface area contributed by atoms with Crippen LogP contribution < -0.4 is 5.73 Å². The summed E-state index contributed by atoms with van der Waals surface area (Å²) in [6.45, 7) is 7.23. The number of pyridine rings is 1. The minimum absolute atomic E-state index is 0.0323. The predicted octanol–water partition coefficient (Wildman–Crippen LogP) is 2.04. The Kier molecular flexibility index (Phi) is 3.87. The van der Waals surface area contributed by atoms with Gasteiger partial charge in [-0.3, -0.25) is 4.79 Å². The summed E-state index contributed by atoms with van der Waals surface area (Å²) in [7, 11) is 0. The molecule has 2 aromatic rings. The van der Waals surface area contributed by atoms with Gasteiger partial charge < -0.3 is 15.2 Å². The van der Waals surface area contributed by atoms with E-state index in [0.29, 0.717) is 22.9 Å². The van der Waals surface area contributed by atoms with Gasteiger partial charge in [0, 0.05) is 24.8 Å². The van der Waals surface area contributed by atoms with E-state index in [0.717, 1.165) is 37.0 Å². The summed E-state index contributed by atoms with van der Waals surface area (Å²) >= 11 is 0. The summed E-state index contributed by atoms with van der Waals surface area (Å²) < 4.78 is 5.21. The highest BCUT2D eigenvalue weighted by Crippen LogP contribution is 2.26. The third-order valence-electron chi connectivity index (χ3n) is 4.55. The van der Waals surface area contributed by atoms with E-state index in [2.05, 4.69) is 10.1 Å². The molecule has 3 rings (SSSR count). The van der Waals surface area contributed by atoms with E-state index in [1.54, 1.807) is 0 Å². The number of nitrogens with two attached hydrogens (primary N) is 1.